The van der Waals surface area contributed by atoms with Gasteiger partial charge in [-0.2, -0.15) is 0 Å². The van der Waals surface area contributed by atoms with Crippen molar-refractivity contribution in [2.45, 2.75) is 71.3 Å². The monoisotopic (exact) mass is 374 g/mol. The van der Waals surface area contributed by atoms with E-state index in [2.05, 4.69) is 10.6 Å². The minimum atomic E-state index is -0.461. The first kappa shape index (κ1) is 20.9. The van der Waals surface area contributed by atoms with Crippen LogP contribution in [-0.2, 0) is 19.1 Å². The standard InChI is InChI=1S/C21H30N2O4/c1-15-8-6-11-18(16(15)2)23-20(25)14-27-21(26)13-7-12-19(24)22-17-9-4-3-5-10-17/h6,8,11,17H,3-5,7,9-10,12-14H2,1-2H3,(H,22,24)(H,23,25). The second-order valence-corrected chi connectivity index (χ2v) is 7.21. The molecule has 2 N–H and O–H groups in total. The van der Waals surface area contributed by atoms with Crippen molar-refractivity contribution >= 4 is 23.5 Å². The predicted molar refractivity (Wildman–Crippen MR) is 104 cm³/mol. The molecule has 0 atom stereocenters. The first-order valence-electron chi connectivity index (χ1n) is 9.77. The van der Waals surface area contributed by atoms with Gasteiger partial charge in [-0.25, -0.2) is 0 Å². The van der Waals surface area contributed by atoms with Gasteiger partial charge in [0, 0.05) is 24.6 Å². The number of esters is 1. The molecule has 0 aromatic heterocycles. The SMILES string of the molecule is Cc1cccc(NC(=O)COC(=O)CCCC(=O)NC2CCCCC2)c1C. The maximum Gasteiger partial charge on any atom is 0.306 e. The van der Waals surface area contributed by atoms with Gasteiger partial charge in [0.25, 0.3) is 5.91 Å². The fraction of sp³-hybridized carbons (Fsp3) is 0.571. The molecule has 1 aliphatic carbocycles. The van der Waals surface area contributed by atoms with Crippen LogP contribution in [-0.4, -0.2) is 30.4 Å². The largest absolute Gasteiger partial charge is 0.456 e. The van der Waals surface area contributed by atoms with Crippen LogP contribution in [0.2, 0.25) is 0 Å². The number of hydrogen-bond donors (Lipinski definition) is 2. The van der Waals surface area contributed by atoms with Crippen molar-refractivity contribution in [2.75, 3.05) is 11.9 Å². The van der Waals surface area contributed by atoms with Gasteiger partial charge in [0.1, 0.15) is 0 Å². The molecule has 1 aromatic carbocycles. The third kappa shape index (κ3) is 7.41. The number of carbonyl (C=O) groups excluding carboxylic acids is 3. The Balaban J connectivity index is 1.60. The van der Waals surface area contributed by atoms with E-state index in [1.54, 1.807) is 0 Å². The quantitative estimate of drug-likeness (QED) is 0.683. The molecule has 0 bridgehead atoms. The highest BCUT2D eigenvalue weighted by molar-refractivity contribution is 5.93. The second kappa shape index (κ2) is 10.7. The van der Waals surface area contributed by atoms with Crippen LogP contribution in [0.15, 0.2) is 18.2 Å². The van der Waals surface area contributed by atoms with E-state index >= 15 is 0 Å². The molecule has 0 unspecified atom stereocenters. The van der Waals surface area contributed by atoms with Crippen molar-refractivity contribution < 1.29 is 19.1 Å². The number of carbonyl (C=O) groups is 3. The zero-order valence-electron chi connectivity index (χ0n) is 16.3. The van der Waals surface area contributed by atoms with Crippen LogP contribution in [0.1, 0.15) is 62.5 Å². The minimum absolute atomic E-state index is 0.0117. The number of rotatable bonds is 8. The van der Waals surface area contributed by atoms with Crippen LogP contribution in [0, 0.1) is 13.8 Å². The molecule has 2 rings (SSSR count). The average Bonchev–Trinajstić information content (AvgIpc) is 2.64. The molecule has 1 fully saturated rings. The summed E-state index contributed by atoms with van der Waals surface area (Å²) in [6, 6.07) is 5.93. The molecule has 1 aromatic rings. The Morgan fingerprint density at radius 2 is 1.78 bits per heavy atom. The van der Waals surface area contributed by atoms with Gasteiger partial charge in [-0.1, -0.05) is 31.4 Å². The van der Waals surface area contributed by atoms with E-state index in [1.165, 1.54) is 19.3 Å². The molecule has 1 aliphatic rings. The smallest absolute Gasteiger partial charge is 0.306 e. The summed E-state index contributed by atoms with van der Waals surface area (Å²) in [6.45, 7) is 3.57. The molecule has 148 valence electrons. The molecule has 0 heterocycles. The number of anilines is 1. The van der Waals surface area contributed by atoms with E-state index in [9.17, 15) is 14.4 Å². The molecule has 6 heteroatoms. The Bertz CT molecular complexity index is 666. The van der Waals surface area contributed by atoms with Gasteiger partial charge in [-0.3, -0.25) is 14.4 Å². The summed E-state index contributed by atoms with van der Waals surface area (Å²) in [7, 11) is 0. The van der Waals surface area contributed by atoms with Crippen LogP contribution in [0.25, 0.3) is 0 Å². The Kier molecular flexibility index (Phi) is 8.30. The average molecular weight is 374 g/mol. The lowest BCUT2D eigenvalue weighted by Crippen LogP contribution is -2.36. The highest BCUT2D eigenvalue weighted by atomic mass is 16.5. The molecule has 1 saturated carbocycles. The van der Waals surface area contributed by atoms with E-state index in [0.29, 0.717) is 12.8 Å². The molecule has 0 spiro atoms. The van der Waals surface area contributed by atoms with E-state index in [0.717, 1.165) is 29.7 Å². The summed E-state index contributed by atoms with van der Waals surface area (Å²) in [5.74, 6) is -0.842. The van der Waals surface area contributed by atoms with E-state index < -0.39 is 5.97 Å². The molecular formula is C21H30N2O4. The fourth-order valence-electron chi connectivity index (χ4n) is 3.23. The molecule has 0 saturated heterocycles. The molecule has 6 nitrogen and oxygen atoms in total. The number of ether oxygens (including phenoxy) is 1. The van der Waals surface area contributed by atoms with Crippen molar-refractivity contribution in [3.05, 3.63) is 29.3 Å². The summed E-state index contributed by atoms with van der Waals surface area (Å²) >= 11 is 0. The van der Waals surface area contributed by atoms with Gasteiger partial charge in [-0.05, 0) is 50.3 Å². The summed E-state index contributed by atoms with van der Waals surface area (Å²) in [5, 5.41) is 5.77. The summed E-state index contributed by atoms with van der Waals surface area (Å²) < 4.78 is 5.00. The zero-order valence-corrected chi connectivity index (χ0v) is 16.3. The summed E-state index contributed by atoms with van der Waals surface area (Å²) in [5.41, 5.74) is 2.79. The third-order valence-electron chi connectivity index (χ3n) is 5.00. The highest BCUT2D eigenvalue weighted by Crippen LogP contribution is 2.18. The van der Waals surface area contributed by atoms with E-state index in [-0.39, 0.29) is 30.9 Å². The van der Waals surface area contributed by atoms with Crippen LogP contribution in [0.5, 0.6) is 0 Å². The van der Waals surface area contributed by atoms with Crippen molar-refractivity contribution in [1.29, 1.82) is 0 Å². The lowest BCUT2D eigenvalue weighted by molar-refractivity contribution is -0.147. The Labute approximate surface area is 161 Å². The maximum absolute atomic E-state index is 11.9. The van der Waals surface area contributed by atoms with Crippen LogP contribution in [0.4, 0.5) is 5.69 Å². The highest BCUT2D eigenvalue weighted by Gasteiger charge is 2.16. The fourth-order valence-corrected chi connectivity index (χ4v) is 3.23. The Morgan fingerprint density at radius 1 is 1.04 bits per heavy atom. The van der Waals surface area contributed by atoms with Crippen molar-refractivity contribution in [3.8, 4) is 0 Å². The van der Waals surface area contributed by atoms with Gasteiger partial charge >= 0.3 is 5.97 Å². The molecule has 27 heavy (non-hydrogen) atoms. The number of amides is 2. The van der Waals surface area contributed by atoms with Gasteiger partial charge in [0.15, 0.2) is 6.61 Å². The van der Waals surface area contributed by atoms with Crippen LogP contribution < -0.4 is 10.6 Å². The maximum atomic E-state index is 11.9. The van der Waals surface area contributed by atoms with E-state index in [4.69, 9.17) is 4.74 Å². The van der Waals surface area contributed by atoms with Crippen LogP contribution >= 0.6 is 0 Å². The van der Waals surface area contributed by atoms with Crippen molar-refractivity contribution in [3.63, 3.8) is 0 Å². The second-order valence-electron chi connectivity index (χ2n) is 7.21. The molecular weight excluding hydrogens is 344 g/mol. The zero-order chi connectivity index (χ0) is 19.6. The number of nitrogens with one attached hydrogen (secondary N) is 2. The lowest BCUT2D eigenvalue weighted by Gasteiger charge is -2.22. The number of aryl methyl sites for hydroxylation is 1. The van der Waals surface area contributed by atoms with E-state index in [1.807, 2.05) is 32.0 Å². The minimum Gasteiger partial charge on any atom is -0.456 e. The molecule has 0 radical (unpaired) electrons. The van der Waals surface area contributed by atoms with Crippen molar-refractivity contribution in [2.24, 2.45) is 0 Å². The first-order valence-corrected chi connectivity index (χ1v) is 9.77. The van der Waals surface area contributed by atoms with Gasteiger partial charge in [0.2, 0.25) is 5.91 Å². The number of benzene rings is 1. The van der Waals surface area contributed by atoms with Gasteiger partial charge in [-0.15, -0.1) is 0 Å². The lowest BCUT2D eigenvalue weighted by atomic mass is 9.95. The van der Waals surface area contributed by atoms with Gasteiger partial charge in [0.05, 0.1) is 0 Å². The molecule has 0 aliphatic heterocycles. The predicted octanol–water partition coefficient (Wildman–Crippen LogP) is 3.40. The topological polar surface area (TPSA) is 84.5 Å². The summed E-state index contributed by atoms with van der Waals surface area (Å²) in [4.78, 5) is 35.6. The molecule has 2 amide bonds. The number of hydrogen-bond acceptors (Lipinski definition) is 4. The first-order chi connectivity index (χ1) is 13.0. The normalized spacial score (nSPS) is 14.4. The summed E-state index contributed by atoms with van der Waals surface area (Å²) in [6.07, 6.45) is 6.54. The Morgan fingerprint density at radius 3 is 2.52 bits per heavy atom. The van der Waals surface area contributed by atoms with Crippen molar-refractivity contribution in [1.82, 2.24) is 5.32 Å². The third-order valence-corrected chi connectivity index (χ3v) is 5.00. The Hall–Kier alpha value is -2.37. The van der Waals surface area contributed by atoms with Crippen LogP contribution in [0.3, 0.4) is 0 Å². The van der Waals surface area contributed by atoms with Gasteiger partial charge < -0.3 is 15.4 Å².